The molecule has 0 saturated heterocycles. The van der Waals surface area contributed by atoms with E-state index < -0.39 is 0 Å². The van der Waals surface area contributed by atoms with E-state index >= 15 is 0 Å². The summed E-state index contributed by atoms with van der Waals surface area (Å²) in [5.74, 6) is 0.947. The van der Waals surface area contributed by atoms with Crippen molar-refractivity contribution in [1.29, 1.82) is 0 Å². The van der Waals surface area contributed by atoms with E-state index in [1.54, 1.807) is 0 Å². The molecule has 78 valence electrons. The third-order valence-electron chi connectivity index (χ3n) is 3.99. The number of fused-ring (bicyclic) bond motifs is 2. The number of allylic oxidation sites excluding steroid dienone is 3. The van der Waals surface area contributed by atoms with E-state index in [2.05, 4.69) is 18.7 Å². The SMILES string of the molecule is C=CCCCCCC12C=CC(CC1)C2. The highest BCUT2D eigenvalue weighted by molar-refractivity contribution is 5.15. The maximum atomic E-state index is 3.76. The van der Waals surface area contributed by atoms with Crippen LogP contribution in [0.15, 0.2) is 24.8 Å². The summed E-state index contributed by atoms with van der Waals surface area (Å²) in [6.07, 6.45) is 18.2. The fraction of sp³-hybridized carbons (Fsp3) is 0.714. The molecule has 0 N–H and O–H groups in total. The zero-order chi connectivity index (χ0) is 9.86. The van der Waals surface area contributed by atoms with Gasteiger partial charge in [0.05, 0.1) is 0 Å². The van der Waals surface area contributed by atoms with Crippen molar-refractivity contribution in [1.82, 2.24) is 0 Å². The average Bonchev–Trinajstić information content (AvgIpc) is 2.77. The molecule has 2 aliphatic rings. The van der Waals surface area contributed by atoms with Gasteiger partial charge in [0.15, 0.2) is 0 Å². The Kier molecular flexibility index (Phi) is 3.10. The maximum Gasteiger partial charge on any atom is -0.0112 e. The van der Waals surface area contributed by atoms with Gasteiger partial charge >= 0.3 is 0 Å². The molecule has 0 aromatic rings. The van der Waals surface area contributed by atoms with E-state index in [1.807, 2.05) is 6.08 Å². The Morgan fingerprint density at radius 1 is 1.36 bits per heavy atom. The molecule has 2 unspecified atom stereocenters. The van der Waals surface area contributed by atoms with Crippen molar-refractivity contribution in [3.05, 3.63) is 24.8 Å². The summed E-state index contributed by atoms with van der Waals surface area (Å²) in [5, 5.41) is 0. The molecule has 0 radical (unpaired) electrons. The number of hydrogen-bond acceptors (Lipinski definition) is 0. The third kappa shape index (κ3) is 2.10. The molecular formula is C14H22. The van der Waals surface area contributed by atoms with Gasteiger partial charge in [-0.2, -0.15) is 0 Å². The number of hydrogen-bond donors (Lipinski definition) is 0. The van der Waals surface area contributed by atoms with Crippen LogP contribution in [0.5, 0.6) is 0 Å². The average molecular weight is 190 g/mol. The zero-order valence-electron chi connectivity index (χ0n) is 9.17. The van der Waals surface area contributed by atoms with Crippen LogP contribution in [0.4, 0.5) is 0 Å². The first-order chi connectivity index (χ1) is 6.85. The largest absolute Gasteiger partial charge is 0.103 e. The minimum Gasteiger partial charge on any atom is -0.103 e. The lowest BCUT2D eigenvalue weighted by Crippen LogP contribution is -2.10. The van der Waals surface area contributed by atoms with Gasteiger partial charge in [-0.3, -0.25) is 0 Å². The predicted molar refractivity (Wildman–Crippen MR) is 62.2 cm³/mol. The van der Waals surface area contributed by atoms with Gasteiger partial charge in [0.2, 0.25) is 0 Å². The van der Waals surface area contributed by atoms with Crippen molar-refractivity contribution < 1.29 is 0 Å². The predicted octanol–water partition coefficient (Wildman–Crippen LogP) is 4.48. The minimum atomic E-state index is 0.652. The van der Waals surface area contributed by atoms with Crippen LogP contribution in [-0.2, 0) is 0 Å². The van der Waals surface area contributed by atoms with E-state index in [9.17, 15) is 0 Å². The molecule has 2 aliphatic carbocycles. The highest BCUT2D eigenvalue weighted by Crippen LogP contribution is 2.51. The van der Waals surface area contributed by atoms with Gasteiger partial charge < -0.3 is 0 Å². The summed E-state index contributed by atoms with van der Waals surface area (Å²) in [5.41, 5.74) is 0.652. The summed E-state index contributed by atoms with van der Waals surface area (Å²) in [6.45, 7) is 3.76. The van der Waals surface area contributed by atoms with Gasteiger partial charge in [-0.1, -0.05) is 31.1 Å². The topological polar surface area (TPSA) is 0 Å². The van der Waals surface area contributed by atoms with Crippen LogP contribution >= 0.6 is 0 Å². The summed E-state index contributed by atoms with van der Waals surface area (Å²) < 4.78 is 0. The zero-order valence-corrected chi connectivity index (χ0v) is 9.17. The van der Waals surface area contributed by atoms with E-state index in [4.69, 9.17) is 0 Å². The summed E-state index contributed by atoms with van der Waals surface area (Å²) in [7, 11) is 0. The van der Waals surface area contributed by atoms with E-state index in [0.29, 0.717) is 5.41 Å². The maximum absolute atomic E-state index is 3.76. The quantitative estimate of drug-likeness (QED) is 0.428. The van der Waals surface area contributed by atoms with E-state index in [0.717, 1.165) is 5.92 Å². The molecular weight excluding hydrogens is 168 g/mol. The Balaban J connectivity index is 1.66. The summed E-state index contributed by atoms with van der Waals surface area (Å²) >= 11 is 0. The molecule has 0 heterocycles. The lowest BCUT2D eigenvalue weighted by Gasteiger charge is -2.23. The van der Waals surface area contributed by atoms with Crippen LogP contribution in [0.2, 0.25) is 0 Å². The van der Waals surface area contributed by atoms with Gasteiger partial charge in [-0.25, -0.2) is 0 Å². The summed E-state index contributed by atoms with van der Waals surface area (Å²) in [4.78, 5) is 0. The van der Waals surface area contributed by atoms with E-state index in [1.165, 1.54) is 51.4 Å². The van der Waals surface area contributed by atoms with Gasteiger partial charge in [0.25, 0.3) is 0 Å². The van der Waals surface area contributed by atoms with Crippen LogP contribution < -0.4 is 0 Å². The van der Waals surface area contributed by atoms with Crippen molar-refractivity contribution in [2.24, 2.45) is 11.3 Å². The first kappa shape index (κ1) is 10.0. The van der Waals surface area contributed by atoms with Crippen LogP contribution in [0, 0.1) is 11.3 Å². The van der Waals surface area contributed by atoms with Crippen molar-refractivity contribution >= 4 is 0 Å². The second-order valence-electron chi connectivity index (χ2n) is 5.11. The highest BCUT2D eigenvalue weighted by Gasteiger charge is 2.39. The molecule has 2 rings (SSSR count). The molecule has 0 aliphatic heterocycles. The molecule has 2 bridgehead atoms. The molecule has 1 saturated carbocycles. The van der Waals surface area contributed by atoms with Gasteiger partial charge in [-0.05, 0) is 49.9 Å². The Morgan fingerprint density at radius 3 is 2.86 bits per heavy atom. The molecule has 0 aromatic heterocycles. The second-order valence-corrected chi connectivity index (χ2v) is 5.11. The first-order valence-electron chi connectivity index (χ1n) is 6.15. The Labute approximate surface area is 88.1 Å². The molecule has 2 atom stereocenters. The Bertz CT molecular complexity index is 226. The molecule has 0 heteroatoms. The van der Waals surface area contributed by atoms with Crippen molar-refractivity contribution in [2.45, 2.75) is 51.4 Å². The Morgan fingerprint density at radius 2 is 2.29 bits per heavy atom. The molecule has 0 amide bonds. The molecule has 0 nitrogen and oxygen atoms in total. The highest BCUT2D eigenvalue weighted by atomic mass is 14.4. The minimum absolute atomic E-state index is 0.652. The second kappa shape index (κ2) is 4.33. The fourth-order valence-corrected chi connectivity index (χ4v) is 3.11. The molecule has 0 spiro atoms. The van der Waals surface area contributed by atoms with Gasteiger partial charge in [0.1, 0.15) is 0 Å². The fourth-order valence-electron chi connectivity index (χ4n) is 3.11. The molecule has 0 aromatic carbocycles. The van der Waals surface area contributed by atoms with E-state index in [-0.39, 0.29) is 0 Å². The number of unbranched alkanes of at least 4 members (excludes halogenated alkanes) is 3. The smallest absolute Gasteiger partial charge is 0.0112 e. The van der Waals surface area contributed by atoms with Crippen molar-refractivity contribution in [3.8, 4) is 0 Å². The third-order valence-corrected chi connectivity index (χ3v) is 3.99. The van der Waals surface area contributed by atoms with Crippen LogP contribution in [0.3, 0.4) is 0 Å². The van der Waals surface area contributed by atoms with Crippen LogP contribution in [0.25, 0.3) is 0 Å². The van der Waals surface area contributed by atoms with Crippen LogP contribution in [-0.4, -0.2) is 0 Å². The first-order valence-corrected chi connectivity index (χ1v) is 6.15. The molecule has 1 fully saturated rings. The normalized spacial score (nSPS) is 33.9. The van der Waals surface area contributed by atoms with Crippen LogP contribution in [0.1, 0.15) is 51.4 Å². The lowest BCUT2D eigenvalue weighted by molar-refractivity contribution is 0.352. The Hall–Kier alpha value is -0.520. The standard InChI is InChI=1S/C14H22/c1-2-3-4-5-6-9-14-10-7-13(12-14)8-11-14/h2,7,10,13H,1,3-6,8-9,11-12H2. The summed E-state index contributed by atoms with van der Waals surface area (Å²) in [6, 6.07) is 0. The monoisotopic (exact) mass is 190 g/mol. The van der Waals surface area contributed by atoms with Gasteiger partial charge in [0, 0.05) is 0 Å². The van der Waals surface area contributed by atoms with Crippen molar-refractivity contribution in [3.63, 3.8) is 0 Å². The van der Waals surface area contributed by atoms with Gasteiger partial charge in [-0.15, -0.1) is 6.58 Å². The number of rotatable bonds is 6. The lowest BCUT2D eigenvalue weighted by atomic mass is 9.82. The molecule has 14 heavy (non-hydrogen) atoms. The van der Waals surface area contributed by atoms with Crippen molar-refractivity contribution in [2.75, 3.05) is 0 Å².